The van der Waals surface area contributed by atoms with Crippen LogP contribution in [0.3, 0.4) is 0 Å². The van der Waals surface area contributed by atoms with Gasteiger partial charge >= 0.3 is 0 Å². The van der Waals surface area contributed by atoms with Gasteiger partial charge in [0, 0.05) is 13.0 Å². The van der Waals surface area contributed by atoms with Gasteiger partial charge in [0.2, 0.25) is 5.91 Å². The fraction of sp³-hybridized carbons (Fsp3) is 0.350. The highest BCUT2D eigenvalue weighted by atomic mass is 19.1. The minimum atomic E-state index is -0.575. The zero-order chi connectivity index (χ0) is 17.8. The molecule has 0 aliphatic carbocycles. The standard InChI is InChI=1S/C20H22FNO3/c1-25-18-7-2-4-14(10-18)8-9-20(24)22-13-17(23)12-19(22)15-5-3-6-16(21)11-15/h2-7,10-11,17,19,23H,8-9,12-13H2,1H3/t17-,19+/m1/s1. The number of carbonyl (C=O) groups excluding carboxylic acids is 1. The van der Waals surface area contributed by atoms with Crippen molar-refractivity contribution in [3.05, 3.63) is 65.5 Å². The topological polar surface area (TPSA) is 49.8 Å². The Kier molecular flexibility index (Phi) is 5.34. The predicted molar refractivity (Wildman–Crippen MR) is 92.8 cm³/mol. The van der Waals surface area contributed by atoms with Crippen molar-refractivity contribution < 1.29 is 19.0 Å². The Morgan fingerprint density at radius 3 is 2.84 bits per heavy atom. The van der Waals surface area contributed by atoms with Crippen LogP contribution in [0.25, 0.3) is 0 Å². The van der Waals surface area contributed by atoms with Crippen LogP contribution in [0.15, 0.2) is 48.5 Å². The number of hydrogen-bond donors (Lipinski definition) is 1. The number of halogens is 1. The molecule has 1 aliphatic rings. The quantitative estimate of drug-likeness (QED) is 0.908. The van der Waals surface area contributed by atoms with E-state index in [2.05, 4.69) is 0 Å². The molecular weight excluding hydrogens is 321 g/mol. The summed E-state index contributed by atoms with van der Waals surface area (Å²) in [5.74, 6) is 0.399. The summed E-state index contributed by atoms with van der Waals surface area (Å²) in [5.41, 5.74) is 1.75. The van der Waals surface area contributed by atoms with Crippen molar-refractivity contribution in [3.8, 4) is 5.75 Å². The number of aryl methyl sites for hydroxylation is 1. The first-order valence-corrected chi connectivity index (χ1v) is 8.42. The average molecular weight is 343 g/mol. The number of methoxy groups -OCH3 is 1. The molecule has 5 heteroatoms. The number of ether oxygens (including phenoxy) is 1. The number of carbonyl (C=O) groups is 1. The zero-order valence-electron chi connectivity index (χ0n) is 14.2. The highest BCUT2D eigenvalue weighted by molar-refractivity contribution is 5.77. The Bertz CT molecular complexity index is 749. The van der Waals surface area contributed by atoms with E-state index in [0.717, 1.165) is 16.9 Å². The second-order valence-electron chi connectivity index (χ2n) is 6.36. The van der Waals surface area contributed by atoms with Gasteiger partial charge in [-0.15, -0.1) is 0 Å². The lowest BCUT2D eigenvalue weighted by molar-refractivity contribution is -0.132. The molecule has 0 unspecified atom stereocenters. The largest absolute Gasteiger partial charge is 0.497 e. The molecule has 1 aliphatic heterocycles. The van der Waals surface area contributed by atoms with Crippen molar-refractivity contribution in [1.29, 1.82) is 0 Å². The number of likely N-dealkylation sites (tertiary alicyclic amines) is 1. The fourth-order valence-corrected chi connectivity index (χ4v) is 3.34. The van der Waals surface area contributed by atoms with Crippen molar-refractivity contribution >= 4 is 5.91 Å². The van der Waals surface area contributed by atoms with E-state index in [0.29, 0.717) is 19.3 Å². The number of aliphatic hydroxyl groups excluding tert-OH is 1. The highest BCUT2D eigenvalue weighted by Crippen LogP contribution is 2.33. The molecule has 0 aromatic heterocycles. The van der Waals surface area contributed by atoms with Crippen LogP contribution in [-0.4, -0.2) is 35.7 Å². The zero-order valence-corrected chi connectivity index (χ0v) is 14.2. The van der Waals surface area contributed by atoms with Gasteiger partial charge in [0.05, 0.1) is 19.3 Å². The second-order valence-corrected chi connectivity index (χ2v) is 6.36. The summed E-state index contributed by atoms with van der Waals surface area (Å²) in [7, 11) is 1.61. The maximum atomic E-state index is 13.5. The fourth-order valence-electron chi connectivity index (χ4n) is 3.34. The third-order valence-corrected chi connectivity index (χ3v) is 4.59. The summed E-state index contributed by atoms with van der Waals surface area (Å²) < 4.78 is 18.7. The lowest BCUT2D eigenvalue weighted by Gasteiger charge is -2.25. The Morgan fingerprint density at radius 2 is 2.08 bits per heavy atom. The normalized spacial score (nSPS) is 19.9. The monoisotopic (exact) mass is 343 g/mol. The number of benzene rings is 2. The summed E-state index contributed by atoms with van der Waals surface area (Å²) in [4.78, 5) is 14.3. The van der Waals surface area contributed by atoms with E-state index in [1.807, 2.05) is 24.3 Å². The van der Waals surface area contributed by atoms with Crippen LogP contribution in [0.4, 0.5) is 4.39 Å². The van der Waals surface area contributed by atoms with Gasteiger partial charge in [-0.05, 0) is 48.2 Å². The van der Waals surface area contributed by atoms with Gasteiger partial charge in [0.15, 0.2) is 0 Å². The summed E-state index contributed by atoms with van der Waals surface area (Å²) >= 11 is 0. The number of amides is 1. The van der Waals surface area contributed by atoms with Crippen LogP contribution in [0.5, 0.6) is 5.75 Å². The van der Waals surface area contributed by atoms with Gasteiger partial charge in [0.25, 0.3) is 0 Å². The van der Waals surface area contributed by atoms with Gasteiger partial charge in [-0.25, -0.2) is 4.39 Å². The number of aliphatic hydroxyl groups is 1. The minimum Gasteiger partial charge on any atom is -0.497 e. The van der Waals surface area contributed by atoms with Crippen LogP contribution in [0.2, 0.25) is 0 Å². The maximum Gasteiger partial charge on any atom is 0.223 e. The van der Waals surface area contributed by atoms with Crippen molar-refractivity contribution in [2.24, 2.45) is 0 Å². The molecule has 2 aromatic rings. The number of nitrogens with zero attached hydrogens (tertiary/aromatic N) is 1. The SMILES string of the molecule is COc1cccc(CCC(=O)N2C[C@H](O)C[C@H]2c2cccc(F)c2)c1. The van der Waals surface area contributed by atoms with E-state index in [1.54, 1.807) is 24.1 Å². The van der Waals surface area contributed by atoms with Crippen LogP contribution < -0.4 is 4.74 Å². The lowest BCUT2D eigenvalue weighted by atomic mass is 10.0. The third-order valence-electron chi connectivity index (χ3n) is 4.59. The van der Waals surface area contributed by atoms with Crippen molar-refractivity contribution in [1.82, 2.24) is 4.90 Å². The van der Waals surface area contributed by atoms with Crippen LogP contribution in [0, 0.1) is 5.82 Å². The molecule has 1 N–H and O–H groups in total. The number of hydrogen-bond acceptors (Lipinski definition) is 3. The Hall–Kier alpha value is -2.40. The second kappa shape index (κ2) is 7.66. The molecule has 2 atom stereocenters. The van der Waals surface area contributed by atoms with E-state index in [-0.39, 0.29) is 24.3 Å². The molecule has 4 nitrogen and oxygen atoms in total. The highest BCUT2D eigenvalue weighted by Gasteiger charge is 2.35. The molecule has 1 amide bonds. The van der Waals surface area contributed by atoms with Crippen molar-refractivity contribution in [2.45, 2.75) is 31.4 Å². The number of β-amino-alcohol motifs (C(OH)–C–C–N with tert-alkyl or cyclic N) is 1. The van der Waals surface area contributed by atoms with E-state index in [1.165, 1.54) is 12.1 Å². The molecule has 1 saturated heterocycles. The predicted octanol–water partition coefficient (Wildman–Crippen LogP) is 3.10. The number of rotatable bonds is 5. The molecule has 0 radical (unpaired) electrons. The summed E-state index contributed by atoms with van der Waals surface area (Å²) in [5, 5.41) is 10.00. The van der Waals surface area contributed by atoms with Crippen LogP contribution in [-0.2, 0) is 11.2 Å². The minimum absolute atomic E-state index is 0.0337. The van der Waals surface area contributed by atoms with E-state index in [9.17, 15) is 14.3 Å². The first kappa shape index (κ1) is 17.4. The molecule has 25 heavy (non-hydrogen) atoms. The van der Waals surface area contributed by atoms with Crippen molar-refractivity contribution in [2.75, 3.05) is 13.7 Å². The van der Waals surface area contributed by atoms with Gasteiger partial charge in [-0.2, -0.15) is 0 Å². The van der Waals surface area contributed by atoms with Gasteiger partial charge in [0.1, 0.15) is 11.6 Å². The molecule has 2 aromatic carbocycles. The molecule has 1 fully saturated rings. The van der Waals surface area contributed by atoms with Gasteiger partial charge in [-0.3, -0.25) is 4.79 Å². The van der Waals surface area contributed by atoms with E-state index >= 15 is 0 Å². The molecule has 0 bridgehead atoms. The van der Waals surface area contributed by atoms with E-state index < -0.39 is 6.10 Å². The molecule has 3 rings (SSSR count). The smallest absolute Gasteiger partial charge is 0.223 e. The third kappa shape index (κ3) is 4.17. The molecule has 0 spiro atoms. The molecule has 1 heterocycles. The average Bonchev–Trinajstić information content (AvgIpc) is 3.02. The van der Waals surface area contributed by atoms with Gasteiger partial charge < -0.3 is 14.7 Å². The maximum absolute atomic E-state index is 13.5. The summed E-state index contributed by atoms with van der Waals surface area (Å²) in [6, 6.07) is 13.6. The van der Waals surface area contributed by atoms with Crippen molar-refractivity contribution in [3.63, 3.8) is 0 Å². The summed E-state index contributed by atoms with van der Waals surface area (Å²) in [6.07, 6.45) is 0.799. The first-order chi connectivity index (χ1) is 12.1. The van der Waals surface area contributed by atoms with Gasteiger partial charge in [-0.1, -0.05) is 24.3 Å². The Labute approximate surface area is 146 Å². The molecule has 132 valence electrons. The molecule has 0 saturated carbocycles. The summed E-state index contributed by atoms with van der Waals surface area (Å²) in [6.45, 7) is 0.290. The van der Waals surface area contributed by atoms with E-state index in [4.69, 9.17) is 4.74 Å². The Morgan fingerprint density at radius 1 is 1.28 bits per heavy atom. The first-order valence-electron chi connectivity index (χ1n) is 8.42. The lowest BCUT2D eigenvalue weighted by Crippen LogP contribution is -2.32. The van der Waals surface area contributed by atoms with Crippen LogP contribution in [0.1, 0.15) is 30.0 Å². The Balaban J connectivity index is 1.69. The van der Waals surface area contributed by atoms with Crippen LogP contribution >= 0.6 is 0 Å². The molecular formula is C20H22FNO3.